The Morgan fingerprint density at radius 3 is 2.05 bits per heavy atom. The number of halogens is 2. The van der Waals surface area contributed by atoms with Crippen LogP contribution in [0.15, 0.2) is 27.1 Å². The Hall–Kier alpha value is 0.1000. The fourth-order valence-corrected chi connectivity index (χ4v) is 4.87. The van der Waals surface area contributed by atoms with E-state index in [1.165, 1.54) is 24.8 Å². The molecule has 2 rings (SSSR count). The van der Waals surface area contributed by atoms with Crippen molar-refractivity contribution in [1.29, 1.82) is 0 Å². The highest BCUT2D eigenvalue weighted by Crippen LogP contribution is 2.40. The number of hydrazine groups is 1. The van der Waals surface area contributed by atoms with Crippen LogP contribution >= 0.6 is 31.9 Å². The molecule has 0 bridgehead atoms. The van der Waals surface area contributed by atoms with Gasteiger partial charge in [-0.15, -0.1) is 0 Å². The Morgan fingerprint density at radius 1 is 1.05 bits per heavy atom. The zero-order chi connectivity index (χ0) is 14.0. The Labute approximate surface area is 132 Å². The van der Waals surface area contributed by atoms with Gasteiger partial charge in [0.25, 0.3) is 0 Å². The molecule has 1 aromatic carbocycles. The lowest BCUT2D eigenvalue weighted by Crippen LogP contribution is -2.37. The van der Waals surface area contributed by atoms with Gasteiger partial charge in [0.1, 0.15) is 0 Å². The molecule has 1 aliphatic carbocycles. The van der Waals surface area contributed by atoms with Crippen molar-refractivity contribution in [2.45, 2.75) is 39.2 Å². The quantitative estimate of drug-likeness (QED) is 0.576. The summed E-state index contributed by atoms with van der Waals surface area (Å²) in [7, 11) is 0. The standard InChI is InChI=1S/C15H22Br2N2/c1-9-3-10(2)5-11(4-9)15(19-18)12-6-13(16)8-14(17)7-12/h6-11,15,19H,3-5,18H2,1-2H3. The van der Waals surface area contributed by atoms with Gasteiger partial charge in [0.15, 0.2) is 0 Å². The van der Waals surface area contributed by atoms with Crippen molar-refractivity contribution in [2.75, 3.05) is 0 Å². The summed E-state index contributed by atoms with van der Waals surface area (Å²) >= 11 is 7.12. The van der Waals surface area contributed by atoms with Crippen LogP contribution in [0.4, 0.5) is 0 Å². The molecule has 0 radical (unpaired) electrons. The van der Waals surface area contributed by atoms with Crippen LogP contribution in [0.3, 0.4) is 0 Å². The summed E-state index contributed by atoms with van der Waals surface area (Å²) in [6, 6.07) is 6.63. The highest BCUT2D eigenvalue weighted by molar-refractivity contribution is 9.11. The van der Waals surface area contributed by atoms with Gasteiger partial charge in [-0.1, -0.05) is 45.7 Å². The molecular formula is C15H22Br2N2. The van der Waals surface area contributed by atoms with E-state index in [2.05, 4.69) is 69.3 Å². The molecule has 1 saturated carbocycles. The first-order chi connectivity index (χ1) is 8.99. The van der Waals surface area contributed by atoms with Crippen molar-refractivity contribution in [3.8, 4) is 0 Å². The summed E-state index contributed by atoms with van der Waals surface area (Å²) in [6.07, 6.45) is 3.85. The van der Waals surface area contributed by atoms with Crippen LogP contribution in [0.25, 0.3) is 0 Å². The van der Waals surface area contributed by atoms with Crippen LogP contribution in [0.1, 0.15) is 44.7 Å². The maximum atomic E-state index is 5.85. The molecule has 19 heavy (non-hydrogen) atoms. The second-order valence-electron chi connectivity index (χ2n) is 6.02. The maximum absolute atomic E-state index is 5.85. The van der Waals surface area contributed by atoms with Crippen molar-refractivity contribution < 1.29 is 0 Å². The number of nitrogens with one attached hydrogen (secondary N) is 1. The van der Waals surface area contributed by atoms with Crippen molar-refractivity contribution in [3.63, 3.8) is 0 Å². The zero-order valence-corrected chi connectivity index (χ0v) is 14.7. The van der Waals surface area contributed by atoms with Gasteiger partial charge >= 0.3 is 0 Å². The topological polar surface area (TPSA) is 38.0 Å². The molecule has 3 N–H and O–H groups in total. The first-order valence-corrected chi connectivity index (χ1v) is 8.50. The summed E-state index contributed by atoms with van der Waals surface area (Å²) in [5.41, 5.74) is 4.30. The molecule has 2 nitrogen and oxygen atoms in total. The van der Waals surface area contributed by atoms with E-state index in [0.29, 0.717) is 5.92 Å². The molecule has 0 saturated heterocycles. The number of nitrogens with two attached hydrogens (primary N) is 1. The second kappa shape index (κ2) is 6.70. The van der Waals surface area contributed by atoms with Crippen molar-refractivity contribution in [3.05, 3.63) is 32.7 Å². The number of hydrogen-bond donors (Lipinski definition) is 2. The van der Waals surface area contributed by atoms with Gasteiger partial charge in [0.05, 0.1) is 0 Å². The molecular weight excluding hydrogens is 368 g/mol. The first kappa shape index (κ1) is 15.5. The molecule has 0 aliphatic heterocycles. The molecule has 3 atom stereocenters. The maximum Gasteiger partial charge on any atom is 0.0489 e. The molecule has 0 aromatic heterocycles. The van der Waals surface area contributed by atoms with Crippen LogP contribution in [0.5, 0.6) is 0 Å². The molecule has 106 valence electrons. The largest absolute Gasteiger partial charge is 0.271 e. The predicted molar refractivity (Wildman–Crippen MR) is 87.6 cm³/mol. The van der Waals surface area contributed by atoms with Gasteiger partial charge in [0.2, 0.25) is 0 Å². The molecule has 0 amide bonds. The summed E-state index contributed by atoms with van der Waals surface area (Å²) in [5, 5.41) is 0. The average Bonchev–Trinajstić information content (AvgIpc) is 2.27. The Balaban J connectivity index is 2.23. The van der Waals surface area contributed by atoms with E-state index >= 15 is 0 Å². The van der Waals surface area contributed by atoms with E-state index in [4.69, 9.17) is 5.84 Å². The molecule has 1 aliphatic rings. The Kier molecular flexibility index (Phi) is 5.46. The minimum absolute atomic E-state index is 0.235. The fraction of sp³-hybridized carbons (Fsp3) is 0.600. The van der Waals surface area contributed by atoms with Crippen LogP contribution in [-0.4, -0.2) is 0 Å². The van der Waals surface area contributed by atoms with Crippen molar-refractivity contribution >= 4 is 31.9 Å². The predicted octanol–water partition coefficient (Wildman–Crippen LogP) is 4.79. The van der Waals surface area contributed by atoms with Gasteiger partial charge in [0, 0.05) is 15.0 Å². The SMILES string of the molecule is CC1CC(C)CC(C(NN)c2cc(Br)cc(Br)c2)C1. The average molecular weight is 390 g/mol. The van der Waals surface area contributed by atoms with E-state index in [-0.39, 0.29) is 6.04 Å². The third kappa shape index (κ3) is 4.03. The summed E-state index contributed by atoms with van der Waals surface area (Å²) < 4.78 is 2.18. The minimum Gasteiger partial charge on any atom is -0.271 e. The molecule has 4 heteroatoms. The lowest BCUT2D eigenvalue weighted by Gasteiger charge is -2.36. The lowest BCUT2D eigenvalue weighted by molar-refractivity contribution is 0.177. The molecule has 3 unspecified atom stereocenters. The van der Waals surface area contributed by atoms with Gasteiger partial charge in [-0.2, -0.15) is 0 Å². The van der Waals surface area contributed by atoms with Crippen molar-refractivity contribution in [2.24, 2.45) is 23.6 Å². The monoisotopic (exact) mass is 388 g/mol. The van der Waals surface area contributed by atoms with E-state index < -0.39 is 0 Å². The van der Waals surface area contributed by atoms with E-state index in [0.717, 1.165) is 20.8 Å². The highest BCUT2D eigenvalue weighted by Gasteiger charge is 2.30. The number of rotatable bonds is 3. The number of hydrogen-bond acceptors (Lipinski definition) is 2. The van der Waals surface area contributed by atoms with Gasteiger partial charge in [-0.25, -0.2) is 0 Å². The summed E-state index contributed by atoms with van der Waals surface area (Å²) in [6.45, 7) is 4.71. The van der Waals surface area contributed by atoms with Gasteiger partial charge < -0.3 is 0 Å². The van der Waals surface area contributed by atoms with Gasteiger partial charge in [-0.3, -0.25) is 11.3 Å². The Morgan fingerprint density at radius 2 is 1.58 bits per heavy atom. The van der Waals surface area contributed by atoms with E-state index in [9.17, 15) is 0 Å². The first-order valence-electron chi connectivity index (χ1n) is 6.91. The van der Waals surface area contributed by atoms with Crippen molar-refractivity contribution in [1.82, 2.24) is 5.43 Å². The zero-order valence-electron chi connectivity index (χ0n) is 11.5. The van der Waals surface area contributed by atoms with E-state index in [1.807, 2.05) is 0 Å². The molecule has 1 fully saturated rings. The lowest BCUT2D eigenvalue weighted by atomic mass is 9.72. The van der Waals surface area contributed by atoms with Crippen LogP contribution in [0.2, 0.25) is 0 Å². The minimum atomic E-state index is 0.235. The molecule has 0 spiro atoms. The molecule has 0 heterocycles. The summed E-state index contributed by atoms with van der Waals surface area (Å²) in [4.78, 5) is 0. The number of benzene rings is 1. The second-order valence-corrected chi connectivity index (χ2v) is 7.86. The van der Waals surface area contributed by atoms with E-state index in [1.54, 1.807) is 0 Å². The summed E-state index contributed by atoms with van der Waals surface area (Å²) in [5.74, 6) is 8.05. The molecule has 1 aromatic rings. The fourth-order valence-electron chi connectivity index (χ4n) is 3.54. The smallest absolute Gasteiger partial charge is 0.0489 e. The Bertz CT molecular complexity index is 406. The van der Waals surface area contributed by atoms with Gasteiger partial charge in [-0.05, 0) is 60.8 Å². The van der Waals surface area contributed by atoms with Crippen LogP contribution in [0, 0.1) is 17.8 Å². The normalized spacial score (nSPS) is 29.2. The third-order valence-electron chi connectivity index (χ3n) is 4.11. The third-order valence-corrected chi connectivity index (χ3v) is 5.03. The van der Waals surface area contributed by atoms with Crippen LogP contribution < -0.4 is 11.3 Å². The van der Waals surface area contributed by atoms with Crippen LogP contribution in [-0.2, 0) is 0 Å². The highest BCUT2D eigenvalue weighted by atomic mass is 79.9.